The molecule has 1 aromatic heterocycles. The third-order valence-electron chi connectivity index (χ3n) is 4.45. The highest BCUT2D eigenvalue weighted by atomic mass is 35.5. The predicted molar refractivity (Wildman–Crippen MR) is 97.5 cm³/mol. The normalized spacial score (nSPS) is 17.5. The number of halogens is 1. The largest absolute Gasteiger partial charge is 0.274 e. The molecule has 25 heavy (non-hydrogen) atoms. The van der Waals surface area contributed by atoms with E-state index >= 15 is 0 Å². The summed E-state index contributed by atoms with van der Waals surface area (Å²) in [7, 11) is 0. The number of para-hydroxylation sites is 1. The Morgan fingerprint density at radius 3 is 2.56 bits per heavy atom. The summed E-state index contributed by atoms with van der Waals surface area (Å²) in [6.07, 6.45) is 0.724. The first-order chi connectivity index (χ1) is 12.1. The quantitative estimate of drug-likeness (QED) is 0.670. The van der Waals surface area contributed by atoms with Gasteiger partial charge >= 0.3 is 0 Å². The molecule has 0 aliphatic carbocycles. The summed E-state index contributed by atoms with van der Waals surface area (Å²) in [6, 6.07) is 18.6. The number of hydrogen-bond donors (Lipinski definition) is 0. The van der Waals surface area contributed by atoms with E-state index in [2.05, 4.69) is 4.98 Å². The third kappa shape index (κ3) is 3.01. The Kier molecular flexibility index (Phi) is 3.98. The van der Waals surface area contributed by atoms with Crippen molar-refractivity contribution in [3.63, 3.8) is 0 Å². The molecule has 1 aliphatic heterocycles. The molecule has 0 bridgehead atoms. The van der Waals surface area contributed by atoms with Gasteiger partial charge in [-0.05, 0) is 42.3 Å². The highest BCUT2D eigenvalue weighted by molar-refractivity contribution is 6.30. The maximum atomic E-state index is 12.8. The topological polar surface area (TPSA) is 50.3 Å². The number of carbonyl (C=O) groups excluding carboxylic acids is 2. The number of amides is 2. The van der Waals surface area contributed by atoms with E-state index in [0.717, 1.165) is 16.5 Å². The first-order valence-corrected chi connectivity index (χ1v) is 8.46. The summed E-state index contributed by atoms with van der Waals surface area (Å²) in [4.78, 5) is 30.9. The molecule has 4 rings (SSSR count). The van der Waals surface area contributed by atoms with Crippen LogP contribution in [-0.2, 0) is 16.0 Å². The second-order valence-corrected chi connectivity index (χ2v) is 6.60. The Bertz CT molecular complexity index is 969. The minimum atomic E-state index is -0.359. The number of benzene rings is 2. The Balaban J connectivity index is 1.60. The lowest BCUT2D eigenvalue weighted by Crippen LogP contribution is -2.31. The zero-order chi connectivity index (χ0) is 17.4. The van der Waals surface area contributed by atoms with E-state index in [1.165, 1.54) is 4.90 Å². The van der Waals surface area contributed by atoms with Crippen molar-refractivity contribution in [2.45, 2.75) is 12.8 Å². The summed E-state index contributed by atoms with van der Waals surface area (Å²) in [5.41, 5.74) is 1.76. The maximum absolute atomic E-state index is 12.8. The number of aromatic nitrogens is 1. The number of anilines is 1. The molecule has 1 fully saturated rings. The zero-order valence-electron chi connectivity index (χ0n) is 13.4. The number of rotatable bonds is 3. The molecule has 0 N–H and O–H groups in total. The van der Waals surface area contributed by atoms with Crippen LogP contribution in [-0.4, -0.2) is 16.8 Å². The van der Waals surface area contributed by atoms with Gasteiger partial charge in [-0.3, -0.25) is 9.59 Å². The summed E-state index contributed by atoms with van der Waals surface area (Å²) < 4.78 is 0. The Labute approximate surface area is 150 Å². The van der Waals surface area contributed by atoms with E-state index in [0.29, 0.717) is 17.3 Å². The van der Waals surface area contributed by atoms with Crippen LogP contribution >= 0.6 is 11.6 Å². The zero-order valence-corrected chi connectivity index (χ0v) is 14.1. The molecule has 3 aromatic rings. The van der Waals surface area contributed by atoms with E-state index in [1.807, 2.05) is 42.5 Å². The molecule has 4 nitrogen and oxygen atoms in total. The minimum Gasteiger partial charge on any atom is -0.274 e. The van der Waals surface area contributed by atoms with Crippen molar-refractivity contribution in [2.75, 3.05) is 4.90 Å². The number of carbonyl (C=O) groups is 2. The van der Waals surface area contributed by atoms with Crippen LogP contribution in [0, 0.1) is 5.92 Å². The fourth-order valence-electron chi connectivity index (χ4n) is 3.18. The van der Waals surface area contributed by atoms with Crippen LogP contribution in [0.1, 0.15) is 12.0 Å². The van der Waals surface area contributed by atoms with E-state index in [4.69, 9.17) is 11.6 Å². The Morgan fingerprint density at radius 2 is 1.76 bits per heavy atom. The second kappa shape index (κ2) is 6.30. The van der Waals surface area contributed by atoms with Crippen LogP contribution in [0.25, 0.3) is 10.9 Å². The molecule has 2 aromatic carbocycles. The van der Waals surface area contributed by atoms with Crippen LogP contribution in [0.5, 0.6) is 0 Å². The highest BCUT2D eigenvalue weighted by Gasteiger charge is 2.40. The standard InChI is InChI=1S/C20H15ClN2O2/c21-16-8-5-13(6-9-16)11-15-12-19(24)23(20(15)25)18-10-7-14-3-1-2-4-17(14)22-18/h1-10,15H,11-12H2/t15-/m0/s1. The minimum absolute atomic E-state index is 0.192. The van der Waals surface area contributed by atoms with Gasteiger partial charge < -0.3 is 0 Å². The molecule has 5 heteroatoms. The smallest absolute Gasteiger partial charge is 0.238 e. The van der Waals surface area contributed by atoms with E-state index < -0.39 is 0 Å². The number of imide groups is 1. The number of hydrogen-bond acceptors (Lipinski definition) is 3. The average molecular weight is 351 g/mol. The lowest BCUT2D eigenvalue weighted by molar-refractivity contribution is -0.122. The van der Waals surface area contributed by atoms with Gasteiger partial charge in [0.15, 0.2) is 0 Å². The number of pyridine rings is 1. The van der Waals surface area contributed by atoms with Crippen LogP contribution in [0.2, 0.25) is 5.02 Å². The van der Waals surface area contributed by atoms with Crippen LogP contribution in [0.4, 0.5) is 5.82 Å². The Hall–Kier alpha value is -2.72. The van der Waals surface area contributed by atoms with Crippen LogP contribution in [0.3, 0.4) is 0 Å². The van der Waals surface area contributed by atoms with E-state index in [1.54, 1.807) is 18.2 Å². The monoisotopic (exact) mass is 350 g/mol. The first-order valence-electron chi connectivity index (χ1n) is 8.09. The van der Waals surface area contributed by atoms with Gasteiger partial charge in [0.2, 0.25) is 11.8 Å². The molecular weight excluding hydrogens is 336 g/mol. The molecule has 0 unspecified atom stereocenters. The Morgan fingerprint density at radius 1 is 1.00 bits per heavy atom. The summed E-state index contributed by atoms with van der Waals surface area (Å²) in [6.45, 7) is 0. The fraction of sp³-hybridized carbons (Fsp3) is 0.150. The van der Waals surface area contributed by atoms with Gasteiger partial charge in [0.05, 0.1) is 11.4 Å². The van der Waals surface area contributed by atoms with Crippen molar-refractivity contribution in [2.24, 2.45) is 5.92 Å². The molecule has 0 radical (unpaired) electrons. The van der Waals surface area contributed by atoms with Crippen molar-refractivity contribution >= 4 is 40.1 Å². The van der Waals surface area contributed by atoms with Gasteiger partial charge in [-0.15, -0.1) is 0 Å². The van der Waals surface area contributed by atoms with Crippen molar-refractivity contribution in [3.8, 4) is 0 Å². The molecule has 124 valence electrons. The lowest BCUT2D eigenvalue weighted by Gasteiger charge is -2.14. The van der Waals surface area contributed by atoms with Crippen LogP contribution < -0.4 is 4.90 Å². The maximum Gasteiger partial charge on any atom is 0.238 e. The van der Waals surface area contributed by atoms with E-state index in [-0.39, 0.29) is 24.2 Å². The first kappa shape index (κ1) is 15.8. The van der Waals surface area contributed by atoms with Gasteiger partial charge in [0.25, 0.3) is 0 Å². The lowest BCUT2D eigenvalue weighted by atomic mass is 9.98. The fourth-order valence-corrected chi connectivity index (χ4v) is 3.31. The van der Waals surface area contributed by atoms with Crippen molar-refractivity contribution in [3.05, 3.63) is 71.2 Å². The molecule has 2 heterocycles. The van der Waals surface area contributed by atoms with Gasteiger partial charge in [-0.2, -0.15) is 0 Å². The molecule has 2 amide bonds. The molecular formula is C20H15ClN2O2. The van der Waals surface area contributed by atoms with Gasteiger partial charge in [0.1, 0.15) is 5.82 Å². The van der Waals surface area contributed by atoms with Crippen LogP contribution in [0.15, 0.2) is 60.7 Å². The predicted octanol–water partition coefficient (Wildman–Crippen LogP) is 4.01. The van der Waals surface area contributed by atoms with E-state index in [9.17, 15) is 9.59 Å². The second-order valence-electron chi connectivity index (χ2n) is 6.16. The van der Waals surface area contributed by atoms with Crippen molar-refractivity contribution in [1.82, 2.24) is 4.98 Å². The molecule has 1 saturated heterocycles. The number of fused-ring (bicyclic) bond motifs is 1. The summed E-state index contributed by atoms with van der Waals surface area (Å²) in [5, 5.41) is 1.63. The molecule has 1 aliphatic rings. The van der Waals surface area contributed by atoms with Gasteiger partial charge in [0, 0.05) is 16.8 Å². The van der Waals surface area contributed by atoms with Gasteiger partial charge in [-0.25, -0.2) is 9.88 Å². The molecule has 0 spiro atoms. The third-order valence-corrected chi connectivity index (χ3v) is 4.70. The molecule has 0 saturated carbocycles. The summed E-state index contributed by atoms with van der Waals surface area (Å²) in [5.74, 6) is -0.358. The number of nitrogens with zero attached hydrogens (tertiary/aromatic N) is 2. The van der Waals surface area contributed by atoms with Crippen molar-refractivity contribution in [1.29, 1.82) is 0 Å². The summed E-state index contributed by atoms with van der Waals surface area (Å²) >= 11 is 5.89. The van der Waals surface area contributed by atoms with Gasteiger partial charge in [-0.1, -0.05) is 41.9 Å². The SMILES string of the molecule is O=C1C[C@H](Cc2ccc(Cl)cc2)C(=O)N1c1ccc2ccccc2n1. The van der Waals surface area contributed by atoms with Crippen molar-refractivity contribution < 1.29 is 9.59 Å². The highest BCUT2D eigenvalue weighted by Crippen LogP contribution is 2.29. The average Bonchev–Trinajstić information content (AvgIpc) is 2.90. The molecule has 1 atom stereocenters.